The van der Waals surface area contributed by atoms with Crippen LogP contribution in [0, 0.1) is 17.5 Å². The number of carbonyl (C=O) groups excluding carboxylic acids is 1. The van der Waals surface area contributed by atoms with Crippen LogP contribution < -0.4 is 11.1 Å². The van der Waals surface area contributed by atoms with Crippen LogP contribution in [-0.2, 0) is 0 Å². The van der Waals surface area contributed by atoms with Gasteiger partial charge >= 0.3 is 0 Å². The topological polar surface area (TPSA) is 55.1 Å². The smallest absolute Gasteiger partial charge is 0.256 e. The molecule has 3 N–H and O–H groups in total. The Labute approximate surface area is 128 Å². The maximum absolute atomic E-state index is 13.8. The van der Waals surface area contributed by atoms with Gasteiger partial charge in [-0.2, -0.15) is 0 Å². The monoisotopic (exact) mass is 324 g/mol. The molecular formula is C15H11F3N2OS. The van der Waals surface area contributed by atoms with Crippen molar-refractivity contribution in [3.05, 3.63) is 58.9 Å². The second kappa shape index (κ2) is 5.66. The van der Waals surface area contributed by atoms with Gasteiger partial charge in [-0.15, -0.1) is 11.8 Å². The van der Waals surface area contributed by atoms with Crippen LogP contribution in [0.2, 0.25) is 0 Å². The highest BCUT2D eigenvalue weighted by Crippen LogP contribution is 2.40. The van der Waals surface area contributed by atoms with E-state index in [4.69, 9.17) is 5.73 Å². The summed E-state index contributed by atoms with van der Waals surface area (Å²) >= 11 is 1.30. The van der Waals surface area contributed by atoms with Gasteiger partial charge in [-0.1, -0.05) is 0 Å². The third-order valence-corrected chi connectivity index (χ3v) is 4.60. The summed E-state index contributed by atoms with van der Waals surface area (Å²) in [6.45, 7) is 0. The standard InChI is InChI=1S/C15H11F3N2OS/c16-9-3-1-7(5-11(9)18)20-15(21)8-2-4-10(17)13-12(19)6-22-14(8)13/h1-5,12H,6,19H2,(H,20,21). The normalized spacial score (nSPS) is 16.5. The van der Waals surface area contributed by atoms with E-state index in [2.05, 4.69) is 5.32 Å². The number of hydrogen-bond acceptors (Lipinski definition) is 3. The second-order valence-corrected chi connectivity index (χ2v) is 5.87. The number of carbonyl (C=O) groups is 1. The van der Waals surface area contributed by atoms with E-state index in [1.807, 2.05) is 0 Å². The van der Waals surface area contributed by atoms with Gasteiger partial charge in [0.2, 0.25) is 0 Å². The number of halogens is 3. The van der Waals surface area contributed by atoms with Gasteiger partial charge in [0.05, 0.1) is 5.56 Å². The molecule has 0 saturated heterocycles. The van der Waals surface area contributed by atoms with Crippen molar-refractivity contribution in [3.8, 4) is 0 Å². The number of benzene rings is 2. The lowest BCUT2D eigenvalue weighted by Crippen LogP contribution is -2.15. The largest absolute Gasteiger partial charge is 0.323 e. The fourth-order valence-electron chi connectivity index (χ4n) is 2.28. The van der Waals surface area contributed by atoms with E-state index in [0.717, 1.165) is 12.1 Å². The molecule has 7 heteroatoms. The third-order valence-electron chi connectivity index (χ3n) is 3.34. The van der Waals surface area contributed by atoms with Crippen LogP contribution >= 0.6 is 11.8 Å². The van der Waals surface area contributed by atoms with E-state index < -0.39 is 29.4 Å². The maximum atomic E-state index is 13.8. The molecule has 1 heterocycles. The lowest BCUT2D eigenvalue weighted by atomic mass is 10.0. The lowest BCUT2D eigenvalue weighted by Gasteiger charge is -2.11. The predicted molar refractivity (Wildman–Crippen MR) is 78.4 cm³/mol. The minimum atomic E-state index is -1.06. The number of amides is 1. The third kappa shape index (κ3) is 2.57. The van der Waals surface area contributed by atoms with Crippen LogP contribution in [0.4, 0.5) is 18.9 Å². The van der Waals surface area contributed by atoms with Gasteiger partial charge in [-0.25, -0.2) is 13.2 Å². The zero-order chi connectivity index (χ0) is 15.9. The van der Waals surface area contributed by atoms with Crippen molar-refractivity contribution in [2.24, 2.45) is 5.73 Å². The van der Waals surface area contributed by atoms with E-state index in [-0.39, 0.29) is 11.3 Å². The fraction of sp³-hybridized carbons (Fsp3) is 0.133. The molecule has 0 bridgehead atoms. The molecule has 0 radical (unpaired) electrons. The first-order valence-corrected chi connectivity index (χ1v) is 7.43. The lowest BCUT2D eigenvalue weighted by molar-refractivity contribution is 0.102. The van der Waals surface area contributed by atoms with Gasteiger partial charge in [0.1, 0.15) is 5.82 Å². The molecule has 1 unspecified atom stereocenters. The van der Waals surface area contributed by atoms with Crippen molar-refractivity contribution >= 4 is 23.4 Å². The van der Waals surface area contributed by atoms with E-state index in [0.29, 0.717) is 16.2 Å². The molecule has 0 spiro atoms. The Bertz CT molecular complexity index is 767. The number of nitrogens with one attached hydrogen (secondary N) is 1. The Hall–Kier alpha value is -1.99. The van der Waals surface area contributed by atoms with Crippen molar-refractivity contribution in [1.82, 2.24) is 0 Å². The minimum Gasteiger partial charge on any atom is -0.323 e. The van der Waals surface area contributed by atoms with Crippen molar-refractivity contribution in [1.29, 1.82) is 0 Å². The van der Waals surface area contributed by atoms with Crippen molar-refractivity contribution in [2.75, 3.05) is 11.1 Å². The molecule has 3 nitrogen and oxygen atoms in total. The van der Waals surface area contributed by atoms with Crippen LogP contribution in [0.15, 0.2) is 35.2 Å². The summed E-state index contributed by atoms with van der Waals surface area (Å²) in [6.07, 6.45) is 0. The highest BCUT2D eigenvalue weighted by molar-refractivity contribution is 7.99. The zero-order valence-electron chi connectivity index (χ0n) is 11.2. The van der Waals surface area contributed by atoms with Crippen LogP contribution in [0.3, 0.4) is 0 Å². The van der Waals surface area contributed by atoms with E-state index >= 15 is 0 Å². The summed E-state index contributed by atoms with van der Waals surface area (Å²) in [5, 5.41) is 2.47. The first-order chi connectivity index (χ1) is 10.5. The minimum absolute atomic E-state index is 0.120. The van der Waals surface area contributed by atoms with Gasteiger partial charge in [0.25, 0.3) is 5.91 Å². The molecule has 0 saturated carbocycles. The number of fused-ring (bicyclic) bond motifs is 1. The Kier molecular flexibility index (Phi) is 3.84. The highest BCUT2D eigenvalue weighted by atomic mass is 32.2. The van der Waals surface area contributed by atoms with Crippen LogP contribution in [0.5, 0.6) is 0 Å². The molecule has 0 aliphatic carbocycles. The van der Waals surface area contributed by atoms with Gasteiger partial charge < -0.3 is 11.1 Å². The Morgan fingerprint density at radius 3 is 2.59 bits per heavy atom. The highest BCUT2D eigenvalue weighted by Gasteiger charge is 2.28. The summed E-state index contributed by atoms with van der Waals surface area (Å²) in [7, 11) is 0. The summed E-state index contributed by atoms with van der Waals surface area (Å²) in [4.78, 5) is 12.8. The number of thioether (sulfide) groups is 1. The van der Waals surface area contributed by atoms with Crippen molar-refractivity contribution < 1.29 is 18.0 Å². The zero-order valence-corrected chi connectivity index (χ0v) is 12.0. The second-order valence-electron chi connectivity index (χ2n) is 4.84. The Balaban J connectivity index is 1.92. The number of nitrogens with two attached hydrogens (primary N) is 1. The fourth-order valence-corrected chi connectivity index (χ4v) is 3.52. The quantitative estimate of drug-likeness (QED) is 0.889. The Morgan fingerprint density at radius 2 is 1.86 bits per heavy atom. The molecule has 114 valence electrons. The first kappa shape index (κ1) is 14.9. The molecule has 2 aromatic rings. The van der Waals surface area contributed by atoms with Gasteiger partial charge in [-0.3, -0.25) is 4.79 Å². The average Bonchev–Trinajstić information content (AvgIpc) is 2.86. The summed E-state index contributed by atoms with van der Waals surface area (Å²) in [6, 6.07) is 5.13. The average molecular weight is 324 g/mol. The van der Waals surface area contributed by atoms with E-state index in [9.17, 15) is 18.0 Å². The molecule has 1 atom stereocenters. The molecule has 2 aromatic carbocycles. The summed E-state index contributed by atoms with van der Waals surface area (Å²) in [5.41, 5.74) is 6.53. The van der Waals surface area contributed by atoms with Crippen LogP contribution in [0.1, 0.15) is 22.0 Å². The molecule has 3 rings (SSSR count). The molecule has 1 aliphatic heterocycles. The molecular weight excluding hydrogens is 313 g/mol. The predicted octanol–water partition coefficient (Wildman–Crippen LogP) is 3.46. The van der Waals surface area contributed by atoms with Crippen molar-refractivity contribution in [2.45, 2.75) is 10.9 Å². The van der Waals surface area contributed by atoms with Crippen LogP contribution in [0.25, 0.3) is 0 Å². The summed E-state index contributed by atoms with van der Waals surface area (Å²) < 4.78 is 39.8. The molecule has 1 amide bonds. The molecule has 0 fully saturated rings. The number of hydrogen-bond donors (Lipinski definition) is 2. The van der Waals surface area contributed by atoms with E-state index in [1.54, 1.807) is 0 Å². The van der Waals surface area contributed by atoms with Crippen LogP contribution in [-0.4, -0.2) is 11.7 Å². The van der Waals surface area contributed by atoms with E-state index in [1.165, 1.54) is 30.0 Å². The van der Waals surface area contributed by atoms with Gasteiger partial charge in [0.15, 0.2) is 11.6 Å². The molecule has 0 aromatic heterocycles. The number of anilines is 1. The summed E-state index contributed by atoms with van der Waals surface area (Å²) in [5.74, 6) is -2.54. The Morgan fingerprint density at radius 1 is 1.14 bits per heavy atom. The molecule has 1 aliphatic rings. The van der Waals surface area contributed by atoms with Gasteiger partial charge in [-0.05, 0) is 24.3 Å². The molecule has 22 heavy (non-hydrogen) atoms. The van der Waals surface area contributed by atoms with Crippen molar-refractivity contribution in [3.63, 3.8) is 0 Å². The number of rotatable bonds is 2. The maximum Gasteiger partial charge on any atom is 0.256 e. The van der Waals surface area contributed by atoms with Gasteiger partial charge in [0, 0.05) is 34.0 Å². The SMILES string of the molecule is NC1CSc2c(C(=O)Nc3ccc(F)c(F)c3)ccc(F)c21. The first-order valence-electron chi connectivity index (χ1n) is 6.44.